The zero-order chi connectivity index (χ0) is 17.2. The van der Waals surface area contributed by atoms with Gasteiger partial charge in [-0.3, -0.25) is 4.79 Å². The lowest BCUT2D eigenvalue weighted by Crippen LogP contribution is -2.49. The van der Waals surface area contributed by atoms with Crippen LogP contribution in [0, 0.1) is 28.1 Å². The van der Waals surface area contributed by atoms with Gasteiger partial charge in [-0.2, -0.15) is 0 Å². The lowest BCUT2D eigenvalue weighted by atomic mass is 9.61. The lowest BCUT2D eigenvalue weighted by molar-refractivity contribution is -0.162. The van der Waals surface area contributed by atoms with Crippen LogP contribution in [0.4, 0.5) is 0 Å². The third-order valence-electron chi connectivity index (χ3n) is 7.28. The normalized spacial score (nSPS) is 44.3. The fourth-order valence-corrected chi connectivity index (χ4v) is 6.02. The van der Waals surface area contributed by atoms with E-state index in [1.54, 1.807) is 19.1 Å². The number of esters is 1. The van der Waals surface area contributed by atoms with Gasteiger partial charge in [0.15, 0.2) is 5.78 Å². The smallest absolute Gasteiger partial charge is 0.333 e. The molecule has 126 valence electrons. The molecule has 0 amide bonds. The summed E-state index contributed by atoms with van der Waals surface area (Å²) < 4.78 is 5.98. The summed E-state index contributed by atoms with van der Waals surface area (Å²) in [7, 11) is 0. The number of rotatable bonds is 2. The van der Waals surface area contributed by atoms with Gasteiger partial charge in [0.25, 0.3) is 0 Å². The molecule has 23 heavy (non-hydrogen) atoms. The number of carbonyl (C=O) groups is 2. The van der Waals surface area contributed by atoms with Gasteiger partial charge in [0.2, 0.25) is 0 Å². The first-order chi connectivity index (χ1) is 10.6. The number of ether oxygens (including phenoxy) is 1. The van der Waals surface area contributed by atoms with Gasteiger partial charge in [-0.15, -0.1) is 0 Å². The van der Waals surface area contributed by atoms with E-state index in [4.69, 9.17) is 4.74 Å². The fourth-order valence-electron chi connectivity index (χ4n) is 6.02. The molecule has 3 rings (SSSR count). The SMILES string of the molecule is C/C=C(/C)C(=O)O[C@H]1C(C)(C)C2CC[C@@H](C)C23C=CC(=O)[C@@]13C. The van der Waals surface area contributed by atoms with Gasteiger partial charge in [0.05, 0.1) is 5.41 Å². The topological polar surface area (TPSA) is 43.4 Å². The molecule has 2 saturated carbocycles. The maximum Gasteiger partial charge on any atom is 0.333 e. The largest absolute Gasteiger partial charge is 0.457 e. The standard InChI is InChI=1S/C20H28O3/c1-7-12(2)16(22)23-17-18(4,5)14-9-8-13(3)20(14)11-10-15(21)19(17,20)6/h7,10-11,13-14,17H,8-9H2,1-6H3/b12-7-/t13-,14?,17+,19+,20?/m1/s1. The van der Waals surface area contributed by atoms with Crippen LogP contribution in [0.5, 0.6) is 0 Å². The molecule has 0 aliphatic heterocycles. The molecular formula is C20H28O3. The quantitative estimate of drug-likeness (QED) is 0.569. The van der Waals surface area contributed by atoms with Gasteiger partial charge in [0.1, 0.15) is 6.10 Å². The molecule has 5 atom stereocenters. The molecule has 3 heteroatoms. The third kappa shape index (κ3) is 1.71. The van der Waals surface area contributed by atoms with Crippen molar-refractivity contribution in [2.45, 2.75) is 60.5 Å². The minimum absolute atomic E-state index is 0.123. The van der Waals surface area contributed by atoms with Crippen molar-refractivity contribution in [1.29, 1.82) is 0 Å². The number of hydrogen-bond donors (Lipinski definition) is 0. The van der Waals surface area contributed by atoms with E-state index in [0.717, 1.165) is 12.8 Å². The zero-order valence-corrected chi connectivity index (χ0v) is 15.1. The van der Waals surface area contributed by atoms with Gasteiger partial charge in [0, 0.05) is 16.4 Å². The Balaban J connectivity index is 2.10. The minimum Gasteiger partial charge on any atom is -0.457 e. The second-order valence-corrected chi connectivity index (χ2v) is 8.44. The molecule has 2 fully saturated rings. The summed E-state index contributed by atoms with van der Waals surface area (Å²) in [6, 6.07) is 0. The molecule has 2 unspecified atom stereocenters. The van der Waals surface area contributed by atoms with Crippen molar-refractivity contribution >= 4 is 11.8 Å². The van der Waals surface area contributed by atoms with Crippen molar-refractivity contribution < 1.29 is 14.3 Å². The summed E-state index contributed by atoms with van der Waals surface area (Å²) in [5.41, 5.74) is -0.408. The van der Waals surface area contributed by atoms with E-state index in [0.29, 0.717) is 17.4 Å². The lowest BCUT2D eigenvalue weighted by Gasteiger charge is -2.42. The number of hydrogen-bond acceptors (Lipinski definition) is 3. The Morgan fingerprint density at radius 1 is 1.30 bits per heavy atom. The van der Waals surface area contributed by atoms with Gasteiger partial charge >= 0.3 is 5.97 Å². The van der Waals surface area contributed by atoms with Crippen LogP contribution in [0.3, 0.4) is 0 Å². The van der Waals surface area contributed by atoms with Gasteiger partial charge < -0.3 is 4.74 Å². The van der Waals surface area contributed by atoms with E-state index in [9.17, 15) is 9.59 Å². The zero-order valence-electron chi connectivity index (χ0n) is 15.1. The predicted molar refractivity (Wildman–Crippen MR) is 89.7 cm³/mol. The summed E-state index contributed by atoms with van der Waals surface area (Å²) >= 11 is 0. The first-order valence-electron chi connectivity index (χ1n) is 8.71. The first kappa shape index (κ1) is 16.5. The molecule has 3 nitrogen and oxygen atoms in total. The van der Waals surface area contributed by atoms with Crippen molar-refractivity contribution in [1.82, 2.24) is 0 Å². The van der Waals surface area contributed by atoms with Crippen molar-refractivity contribution in [2.24, 2.45) is 28.1 Å². The van der Waals surface area contributed by atoms with Crippen LogP contribution in [0.15, 0.2) is 23.8 Å². The monoisotopic (exact) mass is 316 g/mol. The second kappa shape index (κ2) is 4.81. The van der Waals surface area contributed by atoms with Crippen molar-refractivity contribution in [3.8, 4) is 0 Å². The number of carbonyl (C=O) groups excluding carboxylic acids is 2. The maximum atomic E-state index is 12.9. The summed E-state index contributed by atoms with van der Waals surface area (Å²) in [5.74, 6) is 0.638. The Labute approximate surface area is 139 Å². The second-order valence-electron chi connectivity index (χ2n) is 8.44. The Kier molecular flexibility index (Phi) is 3.45. The Morgan fingerprint density at radius 3 is 2.57 bits per heavy atom. The molecule has 0 N–H and O–H groups in total. The van der Waals surface area contributed by atoms with E-state index in [1.807, 2.05) is 13.8 Å². The van der Waals surface area contributed by atoms with Gasteiger partial charge in [-0.25, -0.2) is 4.79 Å². The number of ketones is 1. The molecule has 1 spiro atoms. The molecule has 3 aliphatic carbocycles. The molecule has 0 radical (unpaired) electrons. The van der Waals surface area contributed by atoms with E-state index >= 15 is 0 Å². The van der Waals surface area contributed by atoms with Crippen LogP contribution < -0.4 is 0 Å². The van der Waals surface area contributed by atoms with Crippen molar-refractivity contribution in [3.63, 3.8) is 0 Å². The average Bonchev–Trinajstić information content (AvgIpc) is 3.02. The summed E-state index contributed by atoms with van der Waals surface area (Å²) in [4.78, 5) is 25.3. The fraction of sp³-hybridized carbons (Fsp3) is 0.700. The highest BCUT2D eigenvalue weighted by atomic mass is 16.5. The maximum absolute atomic E-state index is 12.9. The summed E-state index contributed by atoms with van der Waals surface area (Å²) in [6.45, 7) is 12.2. The molecule has 0 aromatic heterocycles. The van der Waals surface area contributed by atoms with Crippen LogP contribution in [0.25, 0.3) is 0 Å². The highest BCUT2D eigenvalue weighted by molar-refractivity contribution is 6.00. The van der Waals surface area contributed by atoms with Gasteiger partial charge in [-0.1, -0.05) is 32.9 Å². The summed E-state index contributed by atoms with van der Waals surface area (Å²) in [5, 5.41) is 0. The molecule has 0 aromatic rings. The van der Waals surface area contributed by atoms with Crippen LogP contribution in [-0.2, 0) is 14.3 Å². The Hall–Kier alpha value is -1.38. The van der Waals surface area contributed by atoms with Crippen LogP contribution in [0.1, 0.15) is 54.4 Å². The summed E-state index contributed by atoms with van der Waals surface area (Å²) in [6.07, 6.45) is 7.50. The van der Waals surface area contributed by atoms with Crippen molar-refractivity contribution in [3.05, 3.63) is 23.8 Å². The van der Waals surface area contributed by atoms with Crippen LogP contribution in [0.2, 0.25) is 0 Å². The van der Waals surface area contributed by atoms with E-state index in [1.165, 1.54) is 0 Å². The third-order valence-corrected chi connectivity index (χ3v) is 7.28. The molecule has 3 aliphatic rings. The number of allylic oxidation sites excluding steroid dienone is 3. The minimum atomic E-state index is -0.638. The van der Waals surface area contributed by atoms with E-state index in [-0.39, 0.29) is 28.7 Å². The van der Waals surface area contributed by atoms with Crippen molar-refractivity contribution in [2.75, 3.05) is 0 Å². The highest BCUT2D eigenvalue weighted by Crippen LogP contribution is 2.75. The van der Waals surface area contributed by atoms with Crippen LogP contribution in [-0.4, -0.2) is 17.9 Å². The molecule has 0 heterocycles. The Bertz CT molecular complexity index is 627. The molecule has 0 bridgehead atoms. The van der Waals surface area contributed by atoms with E-state index < -0.39 is 5.41 Å². The Morgan fingerprint density at radius 2 is 1.96 bits per heavy atom. The highest BCUT2D eigenvalue weighted by Gasteiger charge is 2.77. The molecule has 0 saturated heterocycles. The van der Waals surface area contributed by atoms with E-state index in [2.05, 4.69) is 26.8 Å². The predicted octanol–water partition coefficient (Wildman–Crippen LogP) is 4.08. The van der Waals surface area contributed by atoms with Crippen LogP contribution >= 0.6 is 0 Å². The molecular weight excluding hydrogens is 288 g/mol. The first-order valence-corrected chi connectivity index (χ1v) is 8.71. The van der Waals surface area contributed by atoms with Gasteiger partial charge in [-0.05, 0) is 51.5 Å². The average molecular weight is 316 g/mol. The molecule has 0 aromatic carbocycles.